The number of hydrogen-bond acceptors (Lipinski definition) is 5. The van der Waals surface area contributed by atoms with Crippen molar-refractivity contribution in [3.05, 3.63) is 69.2 Å². The molecule has 0 radical (unpaired) electrons. The van der Waals surface area contributed by atoms with Crippen LogP contribution in [0.2, 0.25) is 5.02 Å². The van der Waals surface area contributed by atoms with Crippen LogP contribution in [0.5, 0.6) is 0 Å². The smallest absolute Gasteiger partial charge is 0.269 e. The van der Waals surface area contributed by atoms with Crippen molar-refractivity contribution in [2.75, 3.05) is 0 Å². The molecule has 8 heteroatoms. The van der Waals surface area contributed by atoms with Crippen molar-refractivity contribution in [2.45, 2.75) is 17.3 Å². The Balaban J connectivity index is 1.83. The van der Waals surface area contributed by atoms with Crippen LogP contribution in [0.25, 0.3) is 11.4 Å². The molecule has 1 unspecified atom stereocenters. The zero-order chi connectivity index (χ0) is 18.0. The molecule has 0 N–H and O–H groups in total. The van der Waals surface area contributed by atoms with E-state index in [2.05, 4.69) is 10.2 Å². The zero-order valence-electron chi connectivity index (χ0n) is 13.6. The van der Waals surface area contributed by atoms with E-state index in [-0.39, 0.29) is 15.9 Å². The molecule has 128 valence electrons. The number of hydrogen-bond donors (Lipinski definition) is 0. The maximum atomic E-state index is 10.9. The zero-order valence-corrected chi connectivity index (χ0v) is 15.2. The third-order valence-corrected chi connectivity index (χ3v) is 5.21. The summed E-state index contributed by atoms with van der Waals surface area (Å²) in [5, 5.41) is 20.8. The minimum atomic E-state index is -0.387. The molecule has 0 fully saturated rings. The van der Waals surface area contributed by atoms with Crippen molar-refractivity contribution in [1.82, 2.24) is 14.8 Å². The summed E-state index contributed by atoms with van der Waals surface area (Å²) < 4.78 is 1.90. The van der Waals surface area contributed by atoms with Gasteiger partial charge in [-0.3, -0.25) is 10.1 Å². The topological polar surface area (TPSA) is 73.8 Å². The van der Waals surface area contributed by atoms with Gasteiger partial charge in [0.25, 0.3) is 5.69 Å². The predicted octanol–water partition coefficient (Wildman–Crippen LogP) is 4.90. The Morgan fingerprint density at radius 2 is 1.92 bits per heavy atom. The molecule has 1 atom stereocenters. The second-order valence-electron chi connectivity index (χ2n) is 5.48. The fourth-order valence-electron chi connectivity index (χ4n) is 2.39. The van der Waals surface area contributed by atoms with Crippen LogP contribution >= 0.6 is 23.4 Å². The van der Waals surface area contributed by atoms with Gasteiger partial charge in [-0.05, 0) is 36.8 Å². The molecule has 0 bridgehead atoms. The lowest BCUT2D eigenvalue weighted by Gasteiger charge is -2.11. The Labute approximate surface area is 154 Å². The molecule has 0 spiro atoms. The SMILES string of the molecule is CC(Sc1nnc(-c2ccc(Cl)cc2)n1C)c1cccc([N+](=O)[O-])c1. The molecule has 0 saturated heterocycles. The van der Waals surface area contributed by atoms with Crippen LogP contribution in [0.1, 0.15) is 17.7 Å². The van der Waals surface area contributed by atoms with Crippen molar-refractivity contribution in [3.63, 3.8) is 0 Å². The molecule has 0 saturated carbocycles. The van der Waals surface area contributed by atoms with Gasteiger partial charge in [0.05, 0.1) is 4.92 Å². The summed E-state index contributed by atoms with van der Waals surface area (Å²) in [5.41, 5.74) is 1.88. The molecule has 0 amide bonds. The van der Waals surface area contributed by atoms with Gasteiger partial charge in [0, 0.05) is 35.0 Å². The van der Waals surface area contributed by atoms with Crippen molar-refractivity contribution in [2.24, 2.45) is 7.05 Å². The van der Waals surface area contributed by atoms with E-state index in [9.17, 15) is 10.1 Å². The van der Waals surface area contributed by atoms with Gasteiger partial charge in [0.15, 0.2) is 11.0 Å². The molecule has 0 aliphatic carbocycles. The summed E-state index contributed by atoms with van der Waals surface area (Å²) in [5.74, 6) is 0.741. The van der Waals surface area contributed by atoms with Crippen molar-refractivity contribution in [1.29, 1.82) is 0 Å². The lowest BCUT2D eigenvalue weighted by molar-refractivity contribution is -0.384. The number of nitro groups is 1. The lowest BCUT2D eigenvalue weighted by atomic mass is 10.1. The highest BCUT2D eigenvalue weighted by molar-refractivity contribution is 7.99. The van der Waals surface area contributed by atoms with Gasteiger partial charge in [0.2, 0.25) is 0 Å². The molecule has 1 aromatic heterocycles. The molecule has 3 aromatic rings. The summed E-state index contributed by atoms with van der Waals surface area (Å²) in [4.78, 5) is 10.5. The summed E-state index contributed by atoms with van der Waals surface area (Å²) >= 11 is 7.42. The minimum absolute atomic E-state index is 0.000804. The van der Waals surface area contributed by atoms with E-state index in [0.717, 1.165) is 22.1 Å². The molecule has 1 heterocycles. The van der Waals surface area contributed by atoms with Gasteiger partial charge in [0.1, 0.15) is 0 Å². The number of nitro benzene ring substituents is 1. The first-order valence-corrected chi connectivity index (χ1v) is 8.78. The van der Waals surface area contributed by atoms with Crippen LogP contribution < -0.4 is 0 Å². The first-order chi connectivity index (χ1) is 12.0. The molecular weight excluding hydrogens is 360 g/mol. The predicted molar refractivity (Wildman–Crippen MR) is 98.8 cm³/mol. The molecule has 3 rings (SSSR count). The first kappa shape index (κ1) is 17.4. The van der Waals surface area contributed by atoms with Gasteiger partial charge in [-0.15, -0.1) is 10.2 Å². The summed E-state index contributed by atoms with van der Waals surface area (Å²) in [6.07, 6.45) is 0. The number of halogens is 1. The number of non-ortho nitro benzene ring substituents is 1. The number of rotatable bonds is 5. The van der Waals surface area contributed by atoms with Gasteiger partial charge in [-0.25, -0.2) is 0 Å². The molecule has 6 nitrogen and oxygen atoms in total. The second kappa shape index (κ2) is 7.25. The average Bonchev–Trinajstić information content (AvgIpc) is 2.96. The average molecular weight is 375 g/mol. The van der Waals surface area contributed by atoms with E-state index in [1.165, 1.54) is 17.8 Å². The summed E-state index contributed by atoms with van der Waals surface area (Å²) in [6, 6.07) is 14.1. The Bertz CT molecular complexity index is 911. The highest BCUT2D eigenvalue weighted by Gasteiger charge is 2.17. The Morgan fingerprint density at radius 3 is 2.60 bits per heavy atom. The molecule has 2 aromatic carbocycles. The van der Waals surface area contributed by atoms with Crippen molar-refractivity contribution in [3.8, 4) is 11.4 Å². The largest absolute Gasteiger partial charge is 0.305 e. The second-order valence-corrected chi connectivity index (χ2v) is 7.23. The van der Waals surface area contributed by atoms with E-state index in [4.69, 9.17) is 11.6 Å². The monoisotopic (exact) mass is 374 g/mol. The van der Waals surface area contributed by atoms with E-state index in [1.54, 1.807) is 12.1 Å². The van der Waals surface area contributed by atoms with E-state index >= 15 is 0 Å². The maximum absolute atomic E-state index is 10.9. The quantitative estimate of drug-likeness (QED) is 0.361. The standard InChI is InChI=1S/C17H15ClN4O2S/c1-11(13-4-3-5-15(10-13)22(23)24)25-17-20-19-16(21(17)2)12-6-8-14(18)9-7-12/h3-11H,1-2H3. The van der Waals surface area contributed by atoms with Crippen LogP contribution in [0.15, 0.2) is 53.7 Å². The highest BCUT2D eigenvalue weighted by atomic mass is 35.5. The van der Waals surface area contributed by atoms with Crippen LogP contribution in [-0.4, -0.2) is 19.7 Å². The van der Waals surface area contributed by atoms with Crippen molar-refractivity contribution < 1.29 is 4.92 Å². The summed E-state index contributed by atoms with van der Waals surface area (Å²) in [6.45, 7) is 1.99. The van der Waals surface area contributed by atoms with Crippen molar-refractivity contribution >= 4 is 29.1 Å². The summed E-state index contributed by atoms with van der Waals surface area (Å²) in [7, 11) is 1.90. The van der Waals surface area contributed by atoms with Crippen LogP contribution in [0.3, 0.4) is 0 Å². The Kier molecular flexibility index (Phi) is 5.06. The normalized spacial score (nSPS) is 12.1. The Morgan fingerprint density at radius 1 is 1.20 bits per heavy atom. The first-order valence-electron chi connectivity index (χ1n) is 7.52. The fraction of sp³-hybridized carbons (Fsp3) is 0.176. The third-order valence-electron chi connectivity index (χ3n) is 3.77. The van der Waals surface area contributed by atoms with Crippen LogP contribution in [-0.2, 0) is 7.05 Å². The maximum Gasteiger partial charge on any atom is 0.269 e. The number of benzene rings is 2. The molecule has 25 heavy (non-hydrogen) atoms. The highest BCUT2D eigenvalue weighted by Crippen LogP contribution is 2.35. The molecular formula is C17H15ClN4O2S. The Hall–Kier alpha value is -2.38. The van der Waals surface area contributed by atoms with Crippen LogP contribution in [0, 0.1) is 10.1 Å². The van der Waals surface area contributed by atoms with Gasteiger partial charge >= 0.3 is 0 Å². The number of thioether (sulfide) groups is 1. The lowest BCUT2D eigenvalue weighted by Crippen LogP contribution is -1.97. The minimum Gasteiger partial charge on any atom is -0.305 e. The number of aromatic nitrogens is 3. The van der Waals surface area contributed by atoms with Gasteiger partial charge in [-0.1, -0.05) is 35.5 Å². The molecule has 0 aliphatic heterocycles. The van der Waals surface area contributed by atoms with E-state index in [0.29, 0.717) is 5.02 Å². The number of nitrogens with zero attached hydrogens (tertiary/aromatic N) is 4. The van der Waals surface area contributed by atoms with Crippen LogP contribution in [0.4, 0.5) is 5.69 Å². The van der Waals surface area contributed by atoms with Gasteiger partial charge < -0.3 is 4.57 Å². The molecule has 0 aliphatic rings. The fourth-order valence-corrected chi connectivity index (χ4v) is 3.44. The van der Waals surface area contributed by atoms with E-state index in [1.807, 2.05) is 48.9 Å². The van der Waals surface area contributed by atoms with E-state index < -0.39 is 0 Å². The van der Waals surface area contributed by atoms with Gasteiger partial charge in [-0.2, -0.15) is 0 Å². The third kappa shape index (κ3) is 3.83.